The molecule has 4 heteroatoms. The lowest BCUT2D eigenvalue weighted by Gasteiger charge is -2.28. The lowest BCUT2D eigenvalue weighted by molar-refractivity contribution is -0.160. The molecular formula is C13H16O4. The van der Waals surface area contributed by atoms with Gasteiger partial charge in [0.25, 0.3) is 0 Å². The highest BCUT2D eigenvalue weighted by atomic mass is 16.4. The molecule has 0 heterocycles. The summed E-state index contributed by atoms with van der Waals surface area (Å²) in [5.41, 5.74) is -0.474. The molecule has 4 nitrogen and oxygen atoms in total. The third-order valence-corrected chi connectivity index (χ3v) is 3.23. The van der Waals surface area contributed by atoms with Gasteiger partial charge in [-0.1, -0.05) is 37.3 Å². The summed E-state index contributed by atoms with van der Waals surface area (Å²) in [7, 11) is 0. The van der Waals surface area contributed by atoms with Gasteiger partial charge in [-0.15, -0.1) is 0 Å². The van der Waals surface area contributed by atoms with Gasteiger partial charge < -0.3 is 10.2 Å². The molecule has 0 radical (unpaired) electrons. The highest BCUT2D eigenvalue weighted by Crippen LogP contribution is 2.32. The van der Waals surface area contributed by atoms with Crippen LogP contribution >= 0.6 is 0 Å². The summed E-state index contributed by atoms with van der Waals surface area (Å²) in [5.74, 6) is -3.12. The van der Waals surface area contributed by atoms with E-state index in [2.05, 4.69) is 0 Å². The molecule has 0 fully saturated rings. The number of hydrogen-bond acceptors (Lipinski definition) is 2. The van der Waals surface area contributed by atoms with Crippen molar-refractivity contribution in [2.45, 2.75) is 20.3 Å². The maximum absolute atomic E-state index is 11.3. The minimum absolute atomic E-state index is 0.205. The zero-order valence-electron chi connectivity index (χ0n) is 9.88. The molecule has 1 aromatic carbocycles. The predicted octanol–water partition coefficient (Wildman–Crippen LogP) is 2.04. The molecule has 0 aliphatic heterocycles. The maximum atomic E-state index is 11.3. The van der Waals surface area contributed by atoms with Gasteiger partial charge in [-0.3, -0.25) is 9.59 Å². The van der Waals surface area contributed by atoms with Crippen molar-refractivity contribution in [3.05, 3.63) is 35.9 Å². The van der Waals surface area contributed by atoms with E-state index in [9.17, 15) is 14.7 Å². The van der Waals surface area contributed by atoms with E-state index in [1.165, 1.54) is 13.8 Å². The van der Waals surface area contributed by atoms with Crippen LogP contribution in [-0.4, -0.2) is 22.2 Å². The van der Waals surface area contributed by atoms with Gasteiger partial charge in [0, 0.05) is 0 Å². The Morgan fingerprint density at radius 1 is 1.24 bits per heavy atom. The average Bonchev–Trinajstić information content (AvgIpc) is 2.28. The van der Waals surface area contributed by atoms with Gasteiger partial charge in [-0.25, -0.2) is 0 Å². The van der Waals surface area contributed by atoms with Crippen LogP contribution < -0.4 is 0 Å². The smallest absolute Gasteiger partial charge is 0.310 e. The van der Waals surface area contributed by atoms with Crippen molar-refractivity contribution in [3.63, 3.8) is 0 Å². The lowest BCUT2D eigenvalue weighted by atomic mass is 9.73. The number of hydrogen-bond donors (Lipinski definition) is 2. The Morgan fingerprint density at radius 3 is 2.18 bits per heavy atom. The summed E-state index contributed by atoms with van der Waals surface area (Å²) in [5, 5.41) is 18.2. The van der Waals surface area contributed by atoms with Crippen molar-refractivity contribution in [3.8, 4) is 0 Å². The van der Waals surface area contributed by atoms with E-state index in [1.54, 1.807) is 12.1 Å². The first-order chi connectivity index (χ1) is 7.88. The molecule has 0 bridgehead atoms. The molecular weight excluding hydrogens is 220 g/mol. The third-order valence-electron chi connectivity index (χ3n) is 3.23. The largest absolute Gasteiger partial charge is 0.481 e. The molecule has 0 aromatic heterocycles. The van der Waals surface area contributed by atoms with Crippen LogP contribution in [0.25, 0.3) is 0 Å². The number of carbonyl (C=O) groups is 2. The van der Waals surface area contributed by atoms with E-state index in [4.69, 9.17) is 5.11 Å². The Kier molecular flexibility index (Phi) is 3.89. The van der Waals surface area contributed by atoms with E-state index in [-0.39, 0.29) is 6.42 Å². The Labute approximate surface area is 99.9 Å². The second kappa shape index (κ2) is 4.99. The molecule has 2 N–H and O–H groups in total. The molecule has 0 aliphatic rings. The number of rotatable bonds is 5. The van der Waals surface area contributed by atoms with Crippen molar-refractivity contribution in [2.75, 3.05) is 0 Å². The Bertz CT molecular complexity index is 413. The van der Waals surface area contributed by atoms with Crippen LogP contribution in [0.3, 0.4) is 0 Å². The van der Waals surface area contributed by atoms with Gasteiger partial charge in [-0.05, 0) is 18.9 Å². The van der Waals surface area contributed by atoms with E-state index < -0.39 is 23.3 Å². The Morgan fingerprint density at radius 2 is 1.76 bits per heavy atom. The van der Waals surface area contributed by atoms with Crippen LogP contribution in [0.5, 0.6) is 0 Å². The van der Waals surface area contributed by atoms with Gasteiger partial charge in [0.15, 0.2) is 0 Å². The first-order valence-electron chi connectivity index (χ1n) is 5.38. The van der Waals surface area contributed by atoms with Crippen molar-refractivity contribution in [1.82, 2.24) is 0 Å². The number of aliphatic carboxylic acids is 2. The molecule has 0 aliphatic carbocycles. The average molecular weight is 236 g/mol. The monoisotopic (exact) mass is 236 g/mol. The summed E-state index contributed by atoms with van der Waals surface area (Å²) < 4.78 is 0. The third kappa shape index (κ3) is 2.84. The summed E-state index contributed by atoms with van der Waals surface area (Å²) in [6, 6.07) is 9.06. The van der Waals surface area contributed by atoms with E-state index in [0.29, 0.717) is 0 Å². The van der Waals surface area contributed by atoms with E-state index in [0.717, 1.165) is 5.56 Å². The van der Waals surface area contributed by atoms with Crippen LogP contribution in [0.4, 0.5) is 0 Å². The molecule has 1 rings (SSSR count). The molecule has 2 atom stereocenters. The van der Waals surface area contributed by atoms with Gasteiger partial charge in [0.1, 0.15) is 0 Å². The standard InChI is InChI=1S/C13H16O4/c1-9(11(14)15)13(2,12(16)17)8-10-6-4-3-5-7-10/h3-7,9H,8H2,1-2H3,(H,14,15)(H,16,17)/t9-,13+/m0/s1. The van der Waals surface area contributed by atoms with E-state index >= 15 is 0 Å². The summed E-state index contributed by atoms with van der Waals surface area (Å²) in [6.45, 7) is 2.90. The van der Waals surface area contributed by atoms with Gasteiger partial charge in [0.05, 0.1) is 11.3 Å². The predicted molar refractivity (Wildman–Crippen MR) is 62.7 cm³/mol. The summed E-state index contributed by atoms with van der Waals surface area (Å²) >= 11 is 0. The quantitative estimate of drug-likeness (QED) is 0.820. The van der Waals surface area contributed by atoms with Crippen LogP contribution in [0.2, 0.25) is 0 Å². The summed E-state index contributed by atoms with van der Waals surface area (Å²) in [4.78, 5) is 22.3. The minimum atomic E-state index is -1.30. The normalized spacial score (nSPS) is 15.9. The fraction of sp³-hybridized carbons (Fsp3) is 0.385. The Balaban J connectivity index is 3.02. The first-order valence-corrected chi connectivity index (χ1v) is 5.38. The molecule has 0 saturated heterocycles. The number of carboxylic acid groups (broad SMARTS) is 2. The van der Waals surface area contributed by atoms with Crippen molar-refractivity contribution in [2.24, 2.45) is 11.3 Å². The van der Waals surface area contributed by atoms with Gasteiger partial charge >= 0.3 is 11.9 Å². The minimum Gasteiger partial charge on any atom is -0.481 e. The fourth-order valence-corrected chi connectivity index (χ4v) is 1.71. The zero-order valence-corrected chi connectivity index (χ0v) is 9.88. The number of benzene rings is 1. The molecule has 92 valence electrons. The molecule has 1 aromatic rings. The molecule has 0 saturated carbocycles. The molecule has 0 spiro atoms. The topological polar surface area (TPSA) is 74.6 Å². The molecule has 17 heavy (non-hydrogen) atoms. The zero-order chi connectivity index (χ0) is 13.1. The summed E-state index contributed by atoms with van der Waals surface area (Å²) in [6.07, 6.45) is 0.205. The van der Waals surface area contributed by atoms with Crippen LogP contribution in [0.15, 0.2) is 30.3 Å². The molecule has 0 unspecified atom stereocenters. The first kappa shape index (κ1) is 13.2. The van der Waals surface area contributed by atoms with Crippen LogP contribution in [0.1, 0.15) is 19.4 Å². The maximum Gasteiger partial charge on any atom is 0.310 e. The van der Waals surface area contributed by atoms with Crippen LogP contribution in [0, 0.1) is 11.3 Å². The fourth-order valence-electron chi connectivity index (χ4n) is 1.71. The second-order valence-electron chi connectivity index (χ2n) is 4.44. The van der Waals surface area contributed by atoms with Crippen LogP contribution in [-0.2, 0) is 16.0 Å². The highest BCUT2D eigenvalue weighted by Gasteiger charge is 2.42. The SMILES string of the molecule is C[C@@H](C(=O)O)[C@@](C)(Cc1ccccc1)C(=O)O. The molecule has 0 amide bonds. The van der Waals surface area contributed by atoms with Crippen molar-refractivity contribution >= 4 is 11.9 Å². The van der Waals surface area contributed by atoms with Crippen molar-refractivity contribution in [1.29, 1.82) is 0 Å². The lowest BCUT2D eigenvalue weighted by Crippen LogP contribution is -2.40. The van der Waals surface area contributed by atoms with E-state index in [1.807, 2.05) is 18.2 Å². The van der Waals surface area contributed by atoms with Crippen molar-refractivity contribution < 1.29 is 19.8 Å². The van der Waals surface area contributed by atoms with Gasteiger partial charge in [0.2, 0.25) is 0 Å². The second-order valence-corrected chi connectivity index (χ2v) is 4.44. The highest BCUT2D eigenvalue weighted by molar-refractivity contribution is 5.83. The Hall–Kier alpha value is -1.84. The number of carboxylic acids is 2. The van der Waals surface area contributed by atoms with Gasteiger partial charge in [-0.2, -0.15) is 0 Å².